The number of allylic oxidation sites excluding steroid dienone is 1. The molecule has 0 aromatic heterocycles. The van der Waals surface area contributed by atoms with Gasteiger partial charge in [0.05, 0.1) is 0 Å². The first kappa shape index (κ1) is 11.7. The molecular formula is C14H18ClN. The molecule has 0 amide bonds. The van der Waals surface area contributed by atoms with Crippen LogP contribution in [0.25, 0.3) is 0 Å². The lowest BCUT2D eigenvalue weighted by molar-refractivity contribution is 0.690. The van der Waals surface area contributed by atoms with Gasteiger partial charge in [-0.1, -0.05) is 42.0 Å². The Kier molecular flexibility index (Phi) is 4.44. The van der Waals surface area contributed by atoms with Crippen molar-refractivity contribution in [3.8, 4) is 0 Å². The Morgan fingerprint density at radius 2 is 2.06 bits per heavy atom. The van der Waals surface area contributed by atoms with Gasteiger partial charge in [-0.2, -0.15) is 0 Å². The standard InChI is InChI=1S/C14H18ClN/c15-14-8-4-3-7-12(14)6-2-1-5-11-16-13-9-10-13/h1-4,7-8,13,16H,5-6,9-11H2. The smallest absolute Gasteiger partial charge is 0.0441 e. The van der Waals surface area contributed by atoms with Crippen molar-refractivity contribution < 1.29 is 0 Å². The monoisotopic (exact) mass is 235 g/mol. The Bertz CT molecular complexity index is 356. The van der Waals surface area contributed by atoms with E-state index in [4.69, 9.17) is 11.6 Å². The fraction of sp³-hybridized carbons (Fsp3) is 0.429. The fourth-order valence-corrected chi connectivity index (χ4v) is 1.86. The zero-order valence-corrected chi connectivity index (χ0v) is 10.2. The van der Waals surface area contributed by atoms with Gasteiger partial charge in [0.1, 0.15) is 0 Å². The highest BCUT2D eigenvalue weighted by atomic mass is 35.5. The zero-order chi connectivity index (χ0) is 11.2. The van der Waals surface area contributed by atoms with Gasteiger partial charge in [-0.25, -0.2) is 0 Å². The van der Waals surface area contributed by atoms with Crippen LogP contribution >= 0.6 is 11.6 Å². The van der Waals surface area contributed by atoms with Crippen LogP contribution in [0.3, 0.4) is 0 Å². The topological polar surface area (TPSA) is 12.0 Å². The summed E-state index contributed by atoms with van der Waals surface area (Å²) in [5.74, 6) is 0. The molecule has 0 saturated heterocycles. The van der Waals surface area contributed by atoms with Gasteiger partial charge in [0.15, 0.2) is 0 Å². The summed E-state index contributed by atoms with van der Waals surface area (Å²) in [6.07, 6.45) is 9.21. The first-order valence-corrected chi connectivity index (χ1v) is 6.36. The summed E-state index contributed by atoms with van der Waals surface area (Å²) in [5.41, 5.74) is 1.20. The quantitative estimate of drug-likeness (QED) is 0.587. The highest BCUT2D eigenvalue weighted by Gasteiger charge is 2.19. The van der Waals surface area contributed by atoms with Crippen molar-refractivity contribution in [1.82, 2.24) is 5.32 Å². The molecule has 0 aliphatic heterocycles. The van der Waals surface area contributed by atoms with E-state index in [-0.39, 0.29) is 0 Å². The maximum Gasteiger partial charge on any atom is 0.0441 e. The van der Waals surface area contributed by atoms with Crippen LogP contribution in [0, 0.1) is 0 Å². The van der Waals surface area contributed by atoms with E-state index in [1.165, 1.54) is 18.4 Å². The third-order valence-corrected chi connectivity index (χ3v) is 3.15. The summed E-state index contributed by atoms with van der Waals surface area (Å²) in [5, 5.41) is 4.35. The van der Waals surface area contributed by atoms with Crippen molar-refractivity contribution in [1.29, 1.82) is 0 Å². The fourth-order valence-electron chi connectivity index (χ4n) is 1.65. The molecule has 1 aliphatic carbocycles. The average Bonchev–Trinajstić information content (AvgIpc) is 3.09. The average molecular weight is 236 g/mol. The summed E-state index contributed by atoms with van der Waals surface area (Å²) in [6.45, 7) is 1.10. The largest absolute Gasteiger partial charge is 0.314 e. The normalized spacial score (nSPS) is 15.8. The van der Waals surface area contributed by atoms with Gasteiger partial charge in [-0.05, 0) is 43.9 Å². The lowest BCUT2D eigenvalue weighted by Crippen LogP contribution is -2.16. The highest BCUT2D eigenvalue weighted by molar-refractivity contribution is 6.31. The number of hydrogen-bond acceptors (Lipinski definition) is 1. The molecule has 0 atom stereocenters. The minimum Gasteiger partial charge on any atom is -0.314 e. The molecule has 0 bridgehead atoms. The molecule has 86 valence electrons. The second-order valence-electron chi connectivity index (χ2n) is 4.28. The van der Waals surface area contributed by atoms with Crippen LogP contribution in [0.15, 0.2) is 36.4 Å². The summed E-state index contributed by atoms with van der Waals surface area (Å²) in [7, 11) is 0. The molecule has 1 aromatic rings. The number of halogens is 1. The van der Waals surface area contributed by atoms with E-state index in [1.54, 1.807) is 0 Å². The highest BCUT2D eigenvalue weighted by Crippen LogP contribution is 2.18. The van der Waals surface area contributed by atoms with Crippen LogP contribution in [-0.2, 0) is 6.42 Å². The predicted molar refractivity (Wildman–Crippen MR) is 69.9 cm³/mol. The molecule has 0 radical (unpaired) electrons. The number of nitrogens with one attached hydrogen (secondary N) is 1. The third kappa shape index (κ3) is 3.99. The molecule has 1 aromatic carbocycles. The summed E-state index contributed by atoms with van der Waals surface area (Å²) >= 11 is 6.07. The van der Waals surface area contributed by atoms with Gasteiger partial charge >= 0.3 is 0 Å². The van der Waals surface area contributed by atoms with Crippen molar-refractivity contribution in [3.05, 3.63) is 47.0 Å². The Labute approximate surface area is 103 Å². The van der Waals surface area contributed by atoms with Crippen molar-refractivity contribution in [2.75, 3.05) is 6.54 Å². The van der Waals surface area contributed by atoms with E-state index in [1.807, 2.05) is 18.2 Å². The van der Waals surface area contributed by atoms with Crippen LogP contribution in [0.1, 0.15) is 24.8 Å². The Hall–Kier alpha value is -0.790. The van der Waals surface area contributed by atoms with Crippen LogP contribution in [0.2, 0.25) is 5.02 Å². The summed E-state index contributed by atoms with van der Waals surface area (Å²) < 4.78 is 0. The molecule has 16 heavy (non-hydrogen) atoms. The van der Waals surface area contributed by atoms with Gasteiger partial charge in [0.2, 0.25) is 0 Å². The maximum atomic E-state index is 6.07. The summed E-state index contributed by atoms with van der Waals surface area (Å²) in [4.78, 5) is 0. The van der Waals surface area contributed by atoms with Gasteiger partial charge < -0.3 is 5.32 Å². The van der Waals surface area contributed by atoms with E-state index in [0.717, 1.165) is 30.5 Å². The minimum absolute atomic E-state index is 0.817. The van der Waals surface area contributed by atoms with Crippen LogP contribution < -0.4 is 5.32 Å². The second kappa shape index (κ2) is 6.07. The maximum absolute atomic E-state index is 6.07. The van der Waals surface area contributed by atoms with Crippen molar-refractivity contribution in [3.63, 3.8) is 0 Å². The molecule has 0 spiro atoms. The second-order valence-corrected chi connectivity index (χ2v) is 4.69. The Balaban J connectivity index is 1.65. The minimum atomic E-state index is 0.817. The Morgan fingerprint density at radius 1 is 1.25 bits per heavy atom. The zero-order valence-electron chi connectivity index (χ0n) is 9.45. The number of hydrogen-bond donors (Lipinski definition) is 1. The van der Waals surface area contributed by atoms with E-state index < -0.39 is 0 Å². The molecule has 1 fully saturated rings. The first-order chi connectivity index (χ1) is 7.86. The van der Waals surface area contributed by atoms with E-state index in [9.17, 15) is 0 Å². The van der Waals surface area contributed by atoms with Gasteiger partial charge in [0, 0.05) is 11.1 Å². The molecular weight excluding hydrogens is 218 g/mol. The molecule has 2 rings (SSSR count). The SMILES string of the molecule is Clc1ccccc1CC=CCCNC1CC1. The molecule has 0 heterocycles. The predicted octanol–water partition coefficient (Wildman–Crippen LogP) is 3.58. The molecule has 1 N–H and O–H groups in total. The first-order valence-electron chi connectivity index (χ1n) is 5.98. The third-order valence-electron chi connectivity index (χ3n) is 2.78. The number of rotatable bonds is 6. The van der Waals surface area contributed by atoms with E-state index >= 15 is 0 Å². The molecule has 1 nitrogen and oxygen atoms in total. The van der Waals surface area contributed by atoms with Crippen molar-refractivity contribution in [2.45, 2.75) is 31.7 Å². The van der Waals surface area contributed by atoms with E-state index in [2.05, 4.69) is 23.5 Å². The van der Waals surface area contributed by atoms with Crippen LogP contribution in [0.5, 0.6) is 0 Å². The van der Waals surface area contributed by atoms with Crippen molar-refractivity contribution in [2.24, 2.45) is 0 Å². The van der Waals surface area contributed by atoms with Gasteiger partial charge in [-0.15, -0.1) is 0 Å². The lowest BCUT2D eigenvalue weighted by atomic mass is 10.1. The Morgan fingerprint density at radius 3 is 2.81 bits per heavy atom. The lowest BCUT2D eigenvalue weighted by Gasteiger charge is -2.00. The number of benzene rings is 1. The van der Waals surface area contributed by atoms with Crippen LogP contribution in [-0.4, -0.2) is 12.6 Å². The summed E-state index contributed by atoms with van der Waals surface area (Å²) in [6, 6.07) is 8.84. The molecule has 1 saturated carbocycles. The van der Waals surface area contributed by atoms with E-state index in [0.29, 0.717) is 0 Å². The molecule has 0 unspecified atom stereocenters. The molecule has 2 heteroatoms. The van der Waals surface area contributed by atoms with Gasteiger partial charge in [-0.3, -0.25) is 0 Å². The molecule has 1 aliphatic rings. The van der Waals surface area contributed by atoms with Crippen molar-refractivity contribution >= 4 is 11.6 Å². The van der Waals surface area contributed by atoms with Crippen LogP contribution in [0.4, 0.5) is 0 Å². The van der Waals surface area contributed by atoms with Gasteiger partial charge in [0.25, 0.3) is 0 Å².